The molecule has 1 fully saturated rings. The molecule has 1 amide bonds. The number of aryl methyl sites for hydroxylation is 1. The monoisotopic (exact) mass is 367 g/mol. The zero-order chi connectivity index (χ0) is 17.3. The molecule has 24 heavy (non-hydrogen) atoms. The van der Waals surface area contributed by atoms with E-state index in [-0.39, 0.29) is 17.3 Å². The van der Waals surface area contributed by atoms with Crippen molar-refractivity contribution >= 4 is 29.1 Å². The normalized spacial score (nSPS) is 16.3. The second-order valence-corrected chi connectivity index (χ2v) is 6.92. The van der Waals surface area contributed by atoms with Gasteiger partial charge in [0.2, 0.25) is 5.82 Å². The summed E-state index contributed by atoms with van der Waals surface area (Å²) in [6, 6.07) is 5.18. The summed E-state index contributed by atoms with van der Waals surface area (Å²) >= 11 is 12.4. The maximum Gasteiger partial charge on any atom is 0.291 e. The minimum absolute atomic E-state index is 0.0863. The number of benzene rings is 1. The Hall–Kier alpha value is -1.63. The molecule has 128 valence electrons. The largest absolute Gasteiger partial charge is 0.343 e. The molecule has 0 spiro atoms. The smallest absolute Gasteiger partial charge is 0.291 e. The minimum atomic E-state index is -0.349. The van der Waals surface area contributed by atoms with E-state index in [1.54, 1.807) is 25.1 Å². The van der Waals surface area contributed by atoms with E-state index in [9.17, 15) is 4.79 Å². The van der Waals surface area contributed by atoms with Crippen molar-refractivity contribution in [3.63, 3.8) is 0 Å². The quantitative estimate of drug-likeness (QED) is 0.869. The second kappa shape index (κ2) is 6.70. The topological polar surface area (TPSA) is 85.8 Å². The first-order chi connectivity index (χ1) is 11.5. The van der Waals surface area contributed by atoms with Gasteiger partial charge in [0.05, 0.1) is 15.6 Å². The number of halogens is 2. The van der Waals surface area contributed by atoms with E-state index in [1.165, 1.54) is 4.68 Å². The lowest BCUT2D eigenvalue weighted by molar-refractivity contribution is 0.0892. The number of amides is 1. The number of hydrogen-bond donors (Lipinski definition) is 2. The van der Waals surface area contributed by atoms with Crippen molar-refractivity contribution in [1.29, 1.82) is 0 Å². The molecule has 0 atom stereocenters. The molecule has 0 unspecified atom stereocenters. The fourth-order valence-corrected chi connectivity index (χ4v) is 3.68. The third kappa shape index (κ3) is 3.14. The Morgan fingerprint density at radius 2 is 1.96 bits per heavy atom. The van der Waals surface area contributed by atoms with Gasteiger partial charge < -0.3 is 11.1 Å². The van der Waals surface area contributed by atoms with Crippen LogP contribution < -0.4 is 11.1 Å². The Bertz CT molecular complexity index is 748. The molecule has 0 aliphatic heterocycles. The maximum atomic E-state index is 12.6. The number of nitrogens with two attached hydrogens (primary N) is 1. The van der Waals surface area contributed by atoms with Gasteiger partial charge in [-0.3, -0.25) is 4.79 Å². The highest BCUT2D eigenvalue weighted by molar-refractivity contribution is 6.37. The Labute approximate surface area is 150 Å². The van der Waals surface area contributed by atoms with Crippen LogP contribution in [0.2, 0.25) is 10.0 Å². The minimum Gasteiger partial charge on any atom is -0.343 e. The molecule has 1 aromatic heterocycles. The van der Waals surface area contributed by atoms with E-state index >= 15 is 0 Å². The molecule has 3 rings (SSSR count). The molecular formula is C16H19Cl2N5O. The zero-order valence-corrected chi connectivity index (χ0v) is 14.9. The summed E-state index contributed by atoms with van der Waals surface area (Å²) in [6.07, 6.45) is 3.89. The van der Waals surface area contributed by atoms with Gasteiger partial charge in [-0.2, -0.15) is 0 Å². The van der Waals surface area contributed by atoms with Gasteiger partial charge in [0.15, 0.2) is 0 Å². The second-order valence-electron chi connectivity index (χ2n) is 6.11. The summed E-state index contributed by atoms with van der Waals surface area (Å²) in [6.45, 7) is 2.16. The lowest BCUT2D eigenvalue weighted by Crippen LogP contribution is -2.51. The van der Waals surface area contributed by atoms with Crippen LogP contribution in [0.4, 0.5) is 0 Å². The Morgan fingerprint density at radius 1 is 1.33 bits per heavy atom. The van der Waals surface area contributed by atoms with Crippen LogP contribution in [0.5, 0.6) is 0 Å². The van der Waals surface area contributed by atoms with E-state index in [2.05, 4.69) is 15.4 Å². The number of aromatic nitrogens is 3. The van der Waals surface area contributed by atoms with Crippen molar-refractivity contribution in [3.05, 3.63) is 39.9 Å². The van der Waals surface area contributed by atoms with Crippen LogP contribution in [0.25, 0.3) is 5.69 Å². The van der Waals surface area contributed by atoms with Gasteiger partial charge in [-0.25, -0.2) is 9.67 Å². The first-order valence-electron chi connectivity index (χ1n) is 7.86. The molecule has 1 saturated carbocycles. The Balaban J connectivity index is 1.90. The highest BCUT2D eigenvalue weighted by atomic mass is 35.5. The molecule has 1 aromatic carbocycles. The number of rotatable bonds is 4. The summed E-state index contributed by atoms with van der Waals surface area (Å²) in [4.78, 5) is 16.8. The van der Waals surface area contributed by atoms with Crippen LogP contribution in [-0.2, 0) is 0 Å². The average molecular weight is 368 g/mol. The van der Waals surface area contributed by atoms with Crippen molar-refractivity contribution in [2.24, 2.45) is 5.73 Å². The van der Waals surface area contributed by atoms with Crippen molar-refractivity contribution in [2.75, 3.05) is 6.54 Å². The van der Waals surface area contributed by atoms with E-state index in [0.717, 1.165) is 25.7 Å². The van der Waals surface area contributed by atoms with Gasteiger partial charge in [0, 0.05) is 6.54 Å². The van der Waals surface area contributed by atoms with Gasteiger partial charge in [-0.05, 0) is 31.9 Å². The first kappa shape index (κ1) is 17.2. The Morgan fingerprint density at radius 3 is 2.54 bits per heavy atom. The molecule has 0 saturated heterocycles. The number of carbonyl (C=O) groups excluding carboxylic acids is 1. The summed E-state index contributed by atoms with van der Waals surface area (Å²) in [5, 5.41) is 8.19. The molecule has 1 aliphatic carbocycles. The number of nitrogens with zero attached hydrogens (tertiary/aromatic N) is 3. The lowest BCUT2D eigenvalue weighted by Gasteiger charge is -2.27. The van der Waals surface area contributed by atoms with Gasteiger partial charge in [-0.1, -0.05) is 42.1 Å². The predicted molar refractivity (Wildman–Crippen MR) is 93.8 cm³/mol. The number of hydrogen-bond acceptors (Lipinski definition) is 4. The first-order valence-corrected chi connectivity index (χ1v) is 8.62. The molecule has 6 nitrogen and oxygen atoms in total. The van der Waals surface area contributed by atoms with Crippen LogP contribution in [0.3, 0.4) is 0 Å². The summed E-state index contributed by atoms with van der Waals surface area (Å²) < 4.78 is 1.49. The third-order valence-corrected chi connectivity index (χ3v) is 5.06. The third-order valence-electron chi connectivity index (χ3n) is 4.45. The lowest BCUT2D eigenvalue weighted by atomic mass is 9.98. The highest BCUT2D eigenvalue weighted by Crippen LogP contribution is 2.30. The molecule has 8 heteroatoms. The SMILES string of the molecule is Cc1nc(C(=O)NC2(CN)CCCC2)nn1-c1c(Cl)cccc1Cl. The van der Waals surface area contributed by atoms with Gasteiger partial charge >= 0.3 is 0 Å². The van der Waals surface area contributed by atoms with E-state index in [4.69, 9.17) is 28.9 Å². The maximum absolute atomic E-state index is 12.6. The van der Waals surface area contributed by atoms with E-state index < -0.39 is 0 Å². The number of para-hydroxylation sites is 1. The van der Waals surface area contributed by atoms with Gasteiger partial charge in [0.25, 0.3) is 5.91 Å². The molecule has 3 N–H and O–H groups in total. The van der Waals surface area contributed by atoms with Gasteiger partial charge in [-0.15, -0.1) is 5.10 Å². The standard InChI is InChI=1S/C16H19Cl2N5O/c1-10-20-14(15(24)21-16(9-19)7-2-3-8-16)22-23(10)13-11(17)5-4-6-12(13)18/h4-6H,2-3,7-9,19H2,1H3,(H,21,24). The van der Waals surface area contributed by atoms with E-state index in [0.29, 0.717) is 28.1 Å². The summed E-state index contributed by atoms with van der Waals surface area (Å²) in [5.74, 6) is 0.291. The van der Waals surface area contributed by atoms with Crippen LogP contribution in [0.1, 0.15) is 42.1 Å². The van der Waals surface area contributed by atoms with Crippen molar-refractivity contribution in [3.8, 4) is 5.69 Å². The average Bonchev–Trinajstić information content (AvgIpc) is 3.15. The fraction of sp³-hybridized carbons (Fsp3) is 0.438. The molecule has 1 heterocycles. The predicted octanol–water partition coefficient (Wildman–Crippen LogP) is 2.88. The number of carbonyl (C=O) groups is 1. The van der Waals surface area contributed by atoms with Crippen molar-refractivity contribution in [1.82, 2.24) is 20.1 Å². The van der Waals surface area contributed by atoms with Gasteiger partial charge in [0.1, 0.15) is 11.5 Å². The van der Waals surface area contributed by atoms with Crippen LogP contribution in [-0.4, -0.2) is 32.8 Å². The van der Waals surface area contributed by atoms with Crippen LogP contribution in [0.15, 0.2) is 18.2 Å². The summed E-state index contributed by atoms with van der Waals surface area (Å²) in [7, 11) is 0. The highest BCUT2D eigenvalue weighted by Gasteiger charge is 2.35. The molecule has 2 aromatic rings. The van der Waals surface area contributed by atoms with Crippen molar-refractivity contribution in [2.45, 2.75) is 38.1 Å². The molecule has 0 radical (unpaired) electrons. The van der Waals surface area contributed by atoms with Crippen LogP contribution >= 0.6 is 23.2 Å². The zero-order valence-electron chi connectivity index (χ0n) is 13.4. The molecular weight excluding hydrogens is 349 g/mol. The molecule has 0 bridgehead atoms. The van der Waals surface area contributed by atoms with Crippen LogP contribution in [0, 0.1) is 6.92 Å². The van der Waals surface area contributed by atoms with E-state index in [1.807, 2.05) is 0 Å². The molecule has 1 aliphatic rings. The Kier molecular flexibility index (Phi) is 4.80. The number of nitrogens with one attached hydrogen (secondary N) is 1. The fourth-order valence-electron chi connectivity index (χ4n) is 3.12. The van der Waals surface area contributed by atoms with Crippen molar-refractivity contribution < 1.29 is 4.79 Å². The summed E-state index contributed by atoms with van der Waals surface area (Å²) in [5.41, 5.74) is 6.03.